The van der Waals surface area contributed by atoms with E-state index in [2.05, 4.69) is 6.92 Å². The number of hydrogen-bond donors (Lipinski definition) is 0. The van der Waals surface area contributed by atoms with Crippen LogP contribution in [0.15, 0.2) is 0 Å². The monoisotopic (exact) mass is 253 g/mol. The number of hydrogen-bond acceptors (Lipinski definition) is 3. The van der Waals surface area contributed by atoms with Gasteiger partial charge >= 0.3 is 0 Å². The van der Waals surface area contributed by atoms with E-state index in [0.717, 1.165) is 19.3 Å². The maximum atomic E-state index is 11.4. The normalized spacial score (nSPS) is 22.4. The maximum absolute atomic E-state index is 11.4. The molecule has 1 aliphatic rings. The van der Waals surface area contributed by atoms with Gasteiger partial charge in [0.1, 0.15) is 5.25 Å². The molecule has 15 heavy (non-hydrogen) atoms. The molecule has 1 heterocycles. The summed E-state index contributed by atoms with van der Waals surface area (Å²) >= 11 is 0. The molecule has 88 valence electrons. The standard InChI is InChI=1S/C9H16ClNO3S/c1-2-3-4-5-11-7-8(6-9(11)12)15(10,13)14/h8H,2-7H2,1H3. The zero-order valence-electron chi connectivity index (χ0n) is 8.78. The fourth-order valence-corrected chi connectivity index (χ4v) is 2.75. The zero-order chi connectivity index (χ0) is 11.5. The summed E-state index contributed by atoms with van der Waals surface area (Å²) in [5.74, 6) is -0.0969. The lowest BCUT2D eigenvalue weighted by molar-refractivity contribution is -0.127. The summed E-state index contributed by atoms with van der Waals surface area (Å²) in [6.45, 7) is 2.99. The second-order valence-corrected chi connectivity index (χ2v) is 6.76. The van der Waals surface area contributed by atoms with Crippen molar-refractivity contribution in [3.63, 3.8) is 0 Å². The van der Waals surface area contributed by atoms with E-state index >= 15 is 0 Å². The van der Waals surface area contributed by atoms with Crippen LogP contribution in [-0.2, 0) is 13.8 Å². The second-order valence-electron chi connectivity index (χ2n) is 3.85. The van der Waals surface area contributed by atoms with Gasteiger partial charge in [0.2, 0.25) is 15.0 Å². The van der Waals surface area contributed by atoms with Gasteiger partial charge in [0.05, 0.1) is 0 Å². The molecule has 1 aliphatic heterocycles. The first-order valence-electron chi connectivity index (χ1n) is 5.16. The van der Waals surface area contributed by atoms with Crippen LogP contribution >= 0.6 is 10.7 Å². The van der Waals surface area contributed by atoms with Crippen molar-refractivity contribution in [1.82, 2.24) is 4.90 Å². The summed E-state index contributed by atoms with van der Waals surface area (Å²) in [5.41, 5.74) is 0. The van der Waals surface area contributed by atoms with E-state index in [-0.39, 0.29) is 18.9 Å². The first kappa shape index (κ1) is 12.8. The highest BCUT2D eigenvalue weighted by molar-refractivity contribution is 8.14. The highest BCUT2D eigenvalue weighted by Gasteiger charge is 2.36. The lowest BCUT2D eigenvalue weighted by Gasteiger charge is -2.15. The molecule has 0 aliphatic carbocycles. The van der Waals surface area contributed by atoms with E-state index in [1.807, 2.05) is 0 Å². The Bertz CT molecular complexity index is 328. The number of rotatable bonds is 5. The minimum absolute atomic E-state index is 0.0396. The molecule has 1 amide bonds. The first-order valence-corrected chi connectivity index (χ1v) is 7.53. The largest absolute Gasteiger partial charge is 0.341 e. The predicted molar refractivity (Wildman–Crippen MR) is 59.3 cm³/mol. The highest BCUT2D eigenvalue weighted by atomic mass is 35.7. The molecule has 1 rings (SSSR count). The van der Waals surface area contributed by atoms with Gasteiger partial charge in [0, 0.05) is 30.2 Å². The molecule has 1 fully saturated rings. The van der Waals surface area contributed by atoms with Gasteiger partial charge in [0.15, 0.2) is 0 Å². The lowest BCUT2D eigenvalue weighted by atomic mass is 10.2. The molecule has 0 bridgehead atoms. The van der Waals surface area contributed by atoms with Crippen LogP contribution in [-0.4, -0.2) is 37.6 Å². The quantitative estimate of drug-likeness (QED) is 0.549. The van der Waals surface area contributed by atoms with E-state index in [1.54, 1.807) is 4.90 Å². The topological polar surface area (TPSA) is 54.5 Å². The Labute approximate surface area is 95.0 Å². The van der Waals surface area contributed by atoms with Gasteiger partial charge in [-0.15, -0.1) is 0 Å². The van der Waals surface area contributed by atoms with Crippen molar-refractivity contribution in [2.75, 3.05) is 13.1 Å². The van der Waals surface area contributed by atoms with Gasteiger partial charge in [-0.2, -0.15) is 0 Å². The number of amides is 1. The highest BCUT2D eigenvalue weighted by Crippen LogP contribution is 2.21. The molecule has 0 N–H and O–H groups in total. The number of nitrogens with zero attached hydrogens (tertiary/aromatic N) is 1. The van der Waals surface area contributed by atoms with Crippen LogP contribution in [0.5, 0.6) is 0 Å². The number of carbonyl (C=O) groups excluding carboxylic acids is 1. The summed E-state index contributed by atoms with van der Waals surface area (Å²) < 4.78 is 22.1. The minimum atomic E-state index is -3.59. The third kappa shape index (κ3) is 3.65. The number of halogens is 1. The summed E-state index contributed by atoms with van der Waals surface area (Å²) in [6, 6.07) is 0. The molecule has 0 aromatic carbocycles. The number of unbranched alkanes of at least 4 members (excludes halogenated alkanes) is 2. The Hall–Kier alpha value is -0.290. The average Bonchev–Trinajstić information content (AvgIpc) is 2.48. The Morgan fingerprint density at radius 3 is 2.60 bits per heavy atom. The molecule has 0 aromatic rings. The molecule has 1 unspecified atom stereocenters. The molecular formula is C9H16ClNO3S. The predicted octanol–water partition coefficient (Wildman–Crippen LogP) is 1.35. The third-order valence-corrected chi connectivity index (χ3v) is 4.48. The molecule has 0 saturated carbocycles. The van der Waals surface area contributed by atoms with Crippen molar-refractivity contribution >= 4 is 25.6 Å². The van der Waals surface area contributed by atoms with Gasteiger partial charge in [-0.25, -0.2) is 8.42 Å². The SMILES string of the molecule is CCCCCN1CC(S(=O)(=O)Cl)CC1=O. The first-order chi connectivity index (χ1) is 6.95. The molecular weight excluding hydrogens is 238 g/mol. The summed E-state index contributed by atoms with van der Waals surface area (Å²) in [7, 11) is 1.64. The van der Waals surface area contributed by atoms with Crippen molar-refractivity contribution in [2.24, 2.45) is 0 Å². The molecule has 0 aromatic heterocycles. The summed E-state index contributed by atoms with van der Waals surface area (Å²) in [5, 5.41) is -0.715. The van der Waals surface area contributed by atoms with Crippen molar-refractivity contribution < 1.29 is 13.2 Å². The van der Waals surface area contributed by atoms with Crippen LogP contribution in [0, 0.1) is 0 Å². The fourth-order valence-electron chi connectivity index (χ4n) is 1.69. The molecule has 0 radical (unpaired) electrons. The maximum Gasteiger partial charge on any atom is 0.237 e. The Morgan fingerprint density at radius 2 is 2.13 bits per heavy atom. The smallest absolute Gasteiger partial charge is 0.237 e. The lowest BCUT2D eigenvalue weighted by Crippen LogP contribution is -2.28. The summed E-state index contributed by atoms with van der Waals surface area (Å²) in [6.07, 6.45) is 3.11. The molecule has 0 spiro atoms. The van der Waals surface area contributed by atoms with E-state index in [1.165, 1.54) is 0 Å². The van der Waals surface area contributed by atoms with Gasteiger partial charge in [0.25, 0.3) is 0 Å². The van der Waals surface area contributed by atoms with E-state index in [4.69, 9.17) is 10.7 Å². The van der Waals surface area contributed by atoms with Crippen molar-refractivity contribution in [1.29, 1.82) is 0 Å². The number of carbonyl (C=O) groups is 1. The van der Waals surface area contributed by atoms with Crippen molar-refractivity contribution in [3.8, 4) is 0 Å². The van der Waals surface area contributed by atoms with E-state index < -0.39 is 14.3 Å². The molecule has 1 saturated heterocycles. The second kappa shape index (κ2) is 5.16. The van der Waals surface area contributed by atoms with Gasteiger partial charge in [-0.3, -0.25) is 4.79 Å². The van der Waals surface area contributed by atoms with Crippen LogP contribution in [0.25, 0.3) is 0 Å². The third-order valence-electron chi connectivity index (χ3n) is 2.61. The fraction of sp³-hybridized carbons (Fsp3) is 0.889. The van der Waals surface area contributed by atoms with Crippen LogP contribution < -0.4 is 0 Å². The minimum Gasteiger partial charge on any atom is -0.341 e. The molecule has 4 nitrogen and oxygen atoms in total. The van der Waals surface area contributed by atoms with Crippen LogP contribution in [0.1, 0.15) is 32.6 Å². The molecule has 1 atom stereocenters. The Kier molecular flexibility index (Phi) is 4.40. The Balaban J connectivity index is 2.46. The van der Waals surface area contributed by atoms with Crippen LogP contribution in [0.2, 0.25) is 0 Å². The Morgan fingerprint density at radius 1 is 1.47 bits per heavy atom. The van der Waals surface area contributed by atoms with Crippen molar-refractivity contribution in [2.45, 2.75) is 37.9 Å². The zero-order valence-corrected chi connectivity index (χ0v) is 10.4. The van der Waals surface area contributed by atoms with Gasteiger partial charge in [-0.1, -0.05) is 19.8 Å². The van der Waals surface area contributed by atoms with Crippen molar-refractivity contribution in [3.05, 3.63) is 0 Å². The summed E-state index contributed by atoms with van der Waals surface area (Å²) in [4.78, 5) is 13.0. The van der Waals surface area contributed by atoms with E-state index in [9.17, 15) is 13.2 Å². The molecule has 6 heteroatoms. The van der Waals surface area contributed by atoms with Gasteiger partial charge in [-0.05, 0) is 6.42 Å². The van der Waals surface area contributed by atoms with E-state index in [0.29, 0.717) is 6.54 Å². The van der Waals surface area contributed by atoms with Crippen LogP contribution in [0.3, 0.4) is 0 Å². The average molecular weight is 254 g/mol. The van der Waals surface area contributed by atoms with Crippen LogP contribution in [0.4, 0.5) is 0 Å². The number of likely N-dealkylation sites (tertiary alicyclic amines) is 1. The van der Waals surface area contributed by atoms with Gasteiger partial charge < -0.3 is 4.90 Å².